The van der Waals surface area contributed by atoms with Gasteiger partial charge in [0.15, 0.2) is 0 Å². The van der Waals surface area contributed by atoms with Crippen molar-refractivity contribution in [1.29, 1.82) is 0 Å². The second kappa shape index (κ2) is 64.4. The summed E-state index contributed by atoms with van der Waals surface area (Å²) in [5.41, 5.74) is 0. The zero-order valence-electron chi connectivity index (χ0n) is 56.5. The Morgan fingerprint density at radius 3 is 1.14 bits per heavy atom. The number of nitrogens with zero attached hydrogens (tertiary/aromatic N) is 1. The van der Waals surface area contributed by atoms with E-state index in [1.54, 1.807) is 0 Å². The van der Waals surface area contributed by atoms with Crippen molar-refractivity contribution in [3.8, 4) is 0 Å². The number of quaternary nitrogens is 1. The van der Waals surface area contributed by atoms with Crippen LogP contribution in [0.25, 0.3) is 0 Å². The van der Waals surface area contributed by atoms with Crippen LogP contribution in [0, 0.1) is 0 Å². The summed E-state index contributed by atoms with van der Waals surface area (Å²) in [5.74, 6) is -0.531. The summed E-state index contributed by atoms with van der Waals surface area (Å²) < 4.78 is 30.8. The summed E-state index contributed by atoms with van der Waals surface area (Å²) in [4.78, 5) is 37.9. The molecule has 0 spiro atoms. The fraction of sp³-hybridized carbons (Fsp3) is 0.711. The van der Waals surface area contributed by atoms with Crippen LogP contribution in [0.3, 0.4) is 0 Å². The summed E-state index contributed by atoms with van der Waals surface area (Å²) in [6, 6.07) is -0.868. The number of unbranched alkanes of at least 4 members (excludes halogenated alkanes) is 29. The Hall–Kier alpha value is -3.59. The summed E-state index contributed by atoms with van der Waals surface area (Å²) in [6.45, 7) is 6.86. The highest BCUT2D eigenvalue weighted by atomic mass is 31.2. The molecule has 86 heavy (non-hydrogen) atoms. The number of likely N-dealkylation sites (N-methyl/N-ethyl adjacent to an activating group) is 1. The molecule has 0 aliphatic rings. The van der Waals surface area contributed by atoms with Crippen molar-refractivity contribution in [3.63, 3.8) is 0 Å². The number of nitrogens with one attached hydrogen (secondary N) is 1. The van der Waals surface area contributed by atoms with Gasteiger partial charge in [0.05, 0.1) is 33.8 Å². The smallest absolute Gasteiger partial charge is 0.456 e. The van der Waals surface area contributed by atoms with Gasteiger partial charge in [0.1, 0.15) is 19.3 Å². The van der Waals surface area contributed by atoms with E-state index >= 15 is 0 Å². The first-order valence-corrected chi connectivity index (χ1v) is 36.9. The third-order valence-electron chi connectivity index (χ3n) is 15.1. The maximum atomic E-state index is 13.6. The van der Waals surface area contributed by atoms with Crippen molar-refractivity contribution in [2.45, 2.75) is 309 Å². The number of amides is 1. The highest BCUT2D eigenvalue weighted by Crippen LogP contribution is 2.43. The molecule has 494 valence electrons. The quantitative estimate of drug-likeness (QED) is 0.0205. The molecule has 0 fully saturated rings. The molecule has 3 atom stereocenters. The van der Waals surface area contributed by atoms with Crippen molar-refractivity contribution in [2.24, 2.45) is 0 Å². The van der Waals surface area contributed by atoms with Gasteiger partial charge >= 0.3 is 13.8 Å². The number of phosphoric ester groups is 1. The van der Waals surface area contributed by atoms with E-state index in [2.05, 4.69) is 135 Å². The van der Waals surface area contributed by atoms with Crippen LogP contribution in [-0.4, -0.2) is 74.3 Å². The van der Waals surface area contributed by atoms with E-state index in [1.165, 1.54) is 135 Å². The van der Waals surface area contributed by atoms with Gasteiger partial charge in [-0.3, -0.25) is 18.6 Å². The lowest BCUT2D eigenvalue weighted by Gasteiger charge is -2.27. The van der Waals surface area contributed by atoms with Crippen LogP contribution in [0.5, 0.6) is 0 Å². The fourth-order valence-electron chi connectivity index (χ4n) is 9.72. The van der Waals surface area contributed by atoms with Crippen LogP contribution in [0.15, 0.2) is 122 Å². The second-order valence-electron chi connectivity index (χ2n) is 24.7. The highest BCUT2D eigenvalue weighted by Gasteiger charge is 2.30. The minimum Gasteiger partial charge on any atom is -0.456 e. The molecule has 1 amide bonds. The molecule has 0 aliphatic carbocycles. The Kier molecular flexibility index (Phi) is 61.7. The average molecular weight is 1220 g/mol. The molecule has 0 aromatic heterocycles. The lowest BCUT2D eigenvalue weighted by molar-refractivity contribution is -0.870. The van der Waals surface area contributed by atoms with Gasteiger partial charge < -0.3 is 19.4 Å². The van der Waals surface area contributed by atoms with Gasteiger partial charge in [-0.2, -0.15) is 0 Å². The molecule has 0 aromatic carbocycles. The zero-order chi connectivity index (χ0) is 62.8. The van der Waals surface area contributed by atoms with Crippen LogP contribution in [0.4, 0.5) is 0 Å². The maximum absolute atomic E-state index is 13.6. The number of carbonyl (C=O) groups excluding carboxylic acids is 2. The predicted molar refractivity (Wildman–Crippen MR) is 373 cm³/mol. The van der Waals surface area contributed by atoms with E-state index in [4.69, 9.17) is 13.8 Å². The number of rotatable bonds is 63. The Morgan fingerprint density at radius 2 is 0.744 bits per heavy atom. The van der Waals surface area contributed by atoms with Crippen LogP contribution in [-0.2, 0) is 27.9 Å². The van der Waals surface area contributed by atoms with Gasteiger partial charge in [-0.1, -0.05) is 284 Å². The van der Waals surface area contributed by atoms with E-state index < -0.39 is 20.0 Å². The summed E-state index contributed by atoms with van der Waals surface area (Å²) in [7, 11) is 1.47. The number of esters is 1. The van der Waals surface area contributed by atoms with Gasteiger partial charge in [0, 0.05) is 12.8 Å². The van der Waals surface area contributed by atoms with Crippen LogP contribution in [0.2, 0.25) is 0 Å². The minimum absolute atomic E-state index is 0.0303. The molecule has 9 nitrogen and oxygen atoms in total. The van der Waals surface area contributed by atoms with Crippen molar-refractivity contribution in [1.82, 2.24) is 5.32 Å². The normalized spacial score (nSPS) is 14.3. The van der Waals surface area contributed by atoms with Crippen LogP contribution >= 0.6 is 7.82 Å². The molecular weight excluding hydrogens is 1080 g/mol. The largest absolute Gasteiger partial charge is 0.472 e. The SMILES string of the molecule is CC/C=C\C/C=C\C/C=C\C/C=C\C/C=C\CCCCCCCCCCCCCC(=O)OC(/C=C\CCCCCCCCCCCC)C(COP(=O)(O)OCC[N+](C)(C)C)NC(=O)CCCCCCC/C=C\C/C=C\C/C=C\C/C=C\CCCCC. The van der Waals surface area contributed by atoms with Gasteiger partial charge in [-0.15, -0.1) is 0 Å². The Labute approximate surface area is 531 Å². The fourth-order valence-corrected chi connectivity index (χ4v) is 10.5. The Balaban J connectivity index is 5.12. The molecule has 2 N–H and O–H groups in total. The van der Waals surface area contributed by atoms with E-state index in [1.807, 2.05) is 33.3 Å². The van der Waals surface area contributed by atoms with E-state index in [9.17, 15) is 19.0 Å². The monoisotopic (exact) mass is 1220 g/mol. The number of phosphoric acid groups is 1. The first-order chi connectivity index (χ1) is 41.9. The van der Waals surface area contributed by atoms with Crippen molar-refractivity contribution >= 4 is 19.7 Å². The van der Waals surface area contributed by atoms with Crippen LogP contribution in [0.1, 0.15) is 297 Å². The summed E-state index contributed by atoms with van der Waals surface area (Å²) in [6.07, 6.45) is 90.6. The zero-order valence-corrected chi connectivity index (χ0v) is 57.4. The van der Waals surface area contributed by atoms with E-state index in [0.29, 0.717) is 17.4 Å². The molecule has 3 unspecified atom stereocenters. The molecule has 0 saturated heterocycles. The predicted octanol–water partition coefficient (Wildman–Crippen LogP) is 22.6. The molecule has 0 rings (SSSR count). The van der Waals surface area contributed by atoms with E-state index in [0.717, 1.165) is 128 Å². The second-order valence-corrected chi connectivity index (χ2v) is 26.1. The molecule has 0 heterocycles. The van der Waals surface area contributed by atoms with Gasteiger partial charge in [-0.05, 0) is 122 Å². The number of carbonyl (C=O) groups is 2. The van der Waals surface area contributed by atoms with Crippen molar-refractivity contribution in [2.75, 3.05) is 40.9 Å². The lowest BCUT2D eigenvalue weighted by Crippen LogP contribution is -2.47. The highest BCUT2D eigenvalue weighted by molar-refractivity contribution is 7.47. The molecule has 0 radical (unpaired) electrons. The number of ether oxygens (including phenoxy) is 1. The third-order valence-corrected chi connectivity index (χ3v) is 16.1. The molecule has 0 aromatic rings. The third kappa shape index (κ3) is 64.9. The number of allylic oxidation sites excluding steroid dienone is 19. The molecule has 0 saturated carbocycles. The summed E-state index contributed by atoms with van der Waals surface area (Å²) >= 11 is 0. The Bertz CT molecular complexity index is 1890. The topological polar surface area (TPSA) is 111 Å². The Morgan fingerprint density at radius 1 is 0.419 bits per heavy atom. The first kappa shape index (κ1) is 82.4. The van der Waals surface area contributed by atoms with Gasteiger partial charge in [0.25, 0.3) is 0 Å². The molecule has 10 heteroatoms. The first-order valence-electron chi connectivity index (χ1n) is 35.4. The van der Waals surface area contributed by atoms with Crippen LogP contribution < -0.4 is 5.32 Å². The average Bonchev–Trinajstić information content (AvgIpc) is 3.65. The van der Waals surface area contributed by atoms with Crippen molar-refractivity contribution in [3.05, 3.63) is 122 Å². The molecular formula is C76H134N2O7P+. The van der Waals surface area contributed by atoms with E-state index in [-0.39, 0.29) is 31.5 Å². The molecule has 0 bridgehead atoms. The van der Waals surface area contributed by atoms with Gasteiger partial charge in [-0.25, -0.2) is 4.57 Å². The molecule has 0 aliphatic heterocycles. The number of hydrogen-bond acceptors (Lipinski definition) is 6. The lowest BCUT2D eigenvalue weighted by atomic mass is 10.0. The van der Waals surface area contributed by atoms with Crippen molar-refractivity contribution < 1.29 is 37.3 Å². The maximum Gasteiger partial charge on any atom is 0.472 e. The standard InChI is InChI=1S/C76H133N2O7P/c1-7-10-13-16-19-22-25-28-30-32-34-36-37-38-39-40-41-43-45-47-49-51-54-57-60-63-66-69-76(80)85-74(67-64-61-58-55-52-27-24-21-18-15-12-9-3)73(72-84-86(81,82)83-71-70-78(4,5)6)77-75(79)68-65-62-59-56-53-50-48-46-44-42-35-33-31-29-26-23-20-17-14-11-8-2/h10,13,19-20,22-23,28-31,34-36,38-39,42,46,48,64,67,73-74H,7-9,11-12,14-18,21,24-27,32-33,37,40-41,43-45,47,49-63,65-66,68-72H2,1-6H3,(H-,77,79,81,82)/p+1/b13-10-,22-19-,23-20-,30-28-,31-29-,36-34-,39-38-,42-35-,48-46-,67-64-. The number of hydrogen-bond donors (Lipinski definition) is 2. The summed E-state index contributed by atoms with van der Waals surface area (Å²) in [5, 5.41) is 3.06. The minimum atomic E-state index is -4.47. The van der Waals surface area contributed by atoms with Gasteiger partial charge in [0.2, 0.25) is 5.91 Å².